The molecule has 2 aromatic rings. The zero-order valence-corrected chi connectivity index (χ0v) is 13.9. The molecule has 0 atom stereocenters. The minimum absolute atomic E-state index is 0.00984. The highest BCUT2D eigenvalue weighted by atomic mass is 16.6. The van der Waals surface area contributed by atoms with Gasteiger partial charge in [0.1, 0.15) is 16.9 Å². The maximum Gasteiger partial charge on any atom is 0.413 e. The van der Waals surface area contributed by atoms with Gasteiger partial charge in [0.15, 0.2) is 11.5 Å². The Morgan fingerprint density at radius 1 is 1.42 bits per heavy atom. The van der Waals surface area contributed by atoms with Crippen molar-refractivity contribution in [2.24, 2.45) is 0 Å². The molecule has 2 rings (SSSR count). The molecule has 0 unspecified atom stereocenters. The van der Waals surface area contributed by atoms with E-state index in [-0.39, 0.29) is 23.6 Å². The molecular weight excluding hydrogens is 312 g/mol. The van der Waals surface area contributed by atoms with Crippen LogP contribution in [-0.2, 0) is 9.47 Å². The Labute approximate surface area is 139 Å². The number of anilines is 1. The molecule has 8 nitrogen and oxygen atoms in total. The molecule has 0 aromatic carbocycles. The average molecular weight is 330 g/mol. The van der Waals surface area contributed by atoms with Gasteiger partial charge in [-0.1, -0.05) is 5.92 Å². The summed E-state index contributed by atoms with van der Waals surface area (Å²) in [7, 11) is 0. The van der Waals surface area contributed by atoms with Crippen LogP contribution in [-0.4, -0.2) is 38.9 Å². The molecule has 0 fully saturated rings. The Morgan fingerprint density at radius 3 is 2.71 bits per heavy atom. The van der Waals surface area contributed by atoms with E-state index in [1.807, 2.05) is 0 Å². The van der Waals surface area contributed by atoms with Crippen molar-refractivity contribution >= 4 is 23.5 Å². The Bertz CT molecular complexity index is 827. The molecule has 2 heterocycles. The predicted octanol–water partition coefficient (Wildman–Crippen LogP) is 2.23. The first-order valence-electron chi connectivity index (χ1n) is 7.28. The van der Waals surface area contributed by atoms with Crippen LogP contribution in [0.15, 0.2) is 12.3 Å². The van der Waals surface area contributed by atoms with Crippen LogP contribution in [0.25, 0.3) is 5.65 Å². The number of hydrogen-bond acceptors (Lipinski definition) is 6. The van der Waals surface area contributed by atoms with Crippen molar-refractivity contribution in [2.45, 2.75) is 33.3 Å². The lowest BCUT2D eigenvalue weighted by Crippen LogP contribution is -2.28. The number of carbonyl (C=O) groups excluding carboxylic acids is 2. The molecule has 2 aromatic heterocycles. The van der Waals surface area contributed by atoms with Crippen molar-refractivity contribution in [3.63, 3.8) is 0 Å². The molecule has 0 spiro atoms. The van der Waals surface area contributed by atoms with Gasteiger partial charge in [0.2, 0.25) is 0 Å². The van der Waals surface area contributed by atoms with E-state index in [1.54, 1.807) is 40.0 Å². The molecular formula is C16H18N4O4. The summed E-state index contributed by atoms with van der Waals surface area (Å²) in [6.45, 7) is 7.01. The van der Waals surface area contributed by atoms with Crippen molar-refractivity contribution in [3.05, 3.63) is 23.5 Å². The van der Waals surface area contributed by atoms with E-state index < -0.39 is 17.7 Å². The van der Waals surface area contributed by atoms with Gasteiger partial charge in [0.05, 0.1) is 6.61 Å². The first kappa shape index (κ1) is 17.3. The molecule has 0 aliphatic rings. The largest absolute Gasteiger partial charge is 0.462 e. The summed E-state index contributed by atoms with van der Waals surface area (Å²) in [6, 6.07) is 1.56. The number of aromatic nitrogens is 3. The second kappa shape index (κ2) is 6.58. The monoisotopic (exact) mass is 330 g/mol. The summed E-state index contributed by atoms with van der Waals surface area (Å²) in [5.74, 6) is 1.71. The van der Waals surface area contributed by atoms with Gasteiger partial charge < -0.3 is 9.47 Å². The van der Waals surface area contributed by atoms with Gasteiger partial charge in [-0.3, -0.25) is 5.32 Å². The van der Waals surface area contributed by atoms with Crippen molar-refractivity contribution in [1.29, 1.82) is 0 Å². The number of hydrogen-bond donors (Lipinski definition) is 1. The summed E-state index contributed by atoms with van der Waals surface area (Å²) in [5, 5.41) is 6.58. The van der Waals surface area contributed by atoms with Crippen LogP contribution in [0.1, 0.15) is 43.7 Å². The fraction of sp³-hybridized carbons (Fsp3) is 0.375. The molecule has 0 aliphatic carbocycles. The standard InChI is InChI=1S/C16H18N4O4/c1-6-10-8-9-20-13(17-10)11(14(21)23-7-2)12(19-20)18-15(22)24-16(3,4)5/h1,8-9H,7H2,2-5H3,(H,18,19,22). The van der Waals surface area contributed by atoms with Crippen molar-refractivity contribution in [2.75, 3.05) is 11.9 Å². The molecule has 0 saturated carbocycles. The zero-order chi connectivity index (χ0) is 17.9. The van der Waals surface area contributed by atoms with Crippen LogP contribution in [0.5, 0.6) is 0 Å². The third-order valence-electron chi connectivity index (χ3n) is 2.73. The van der Waals surface area contributed by atoms with Gasteiger partial charge >= 0.3 is 12.1 Å². The van der Waals surface area contributed by atoms with Crippen LogP contribution in [0, 0.1) is 12.3 Å². The first-order valence-corrected chi connectivity index (χ1v) is 7.28. The van der Waals surface area contributed by atoms with Gasteiger partial charge in [-0.15, -0.1) is 11.5 Å². The van der Waals surface area contributed by atoms with Crippen LogP contribution < -0.4 is 5.32 Å². The Balaban J connectivity index is 2.48. The highest BCUT2D eigenvalue weighted by molar-refractivity contribution is 6.04. The van der Waals surface area contributed by atoms with Crippen LogP contribution in [0.2, 0.25) is 0 Å². The van der Waals surface area contributed by atoms with E-state index in [1.165, 1.54) is 4.52 Å². The van der Waals surface area contributed by atoms with Gasteiger partial charge in [0.25, 0.3) is 0 Å². The molecule has 0 saturated heterocycles. The maximum absolute atomic E-state index is 12.2. The van der Waals surface area contributed by atoms with Crippen LogP contribution in [0.4, 0.5) is 10.6 Å². The summed E-state index contributed by atoms with van der Waals surface area (Å²) in [4.78, 5) is 28.4. The number of terminal acetylenes is 1. The zero-order valence-electron chi connectivity index (χ0n) is 13.9. The summed E-state index contributed by atoms with van der Waals surface area (Å²) >= 11 is 0. The second-order valence-electron chi connectivity index (χ2n) is 5.80. The summed E-state index contributed by atoms with van der Waals surface area (Å²) in [5.41, 5.74) is -0.158. The quantitative estimate of drug-likeness (QED) is 0.685. The maximum atomic E-state index is 12.2. The Morgan fingerprint density at radius 2 is 2.12 bits per heavy atom. The minimum atomic E-state index is -0.742. The fourth-order valence-electron chi connectivity index (χ4n) is 1.89. The molecule has 8 heteroatoms. The van der Waals surface area contributed by atoms with E-state index in [0.29, 0.717) is 5.69 Å². The predicted molar refractivity (Wildman–Crippen MR) is 86.7 cm³/mol. The SMILES string of the molecule is C#Cc1ccn2nc(NC(=O)OC(C)(C)C)c(C(=O)OCC)c2n1. The number of rotatable bonds is 3. The smallest absolute Gasteiger partial charge is 0.413 e. The number of nitrogens with zero attached hydrogens (tertiary/aromatic N) is 3. The lowest BCUT2D eigenvalue weighted by Gasteiger charge is -2.19. The van der Waals surface area contributed by atoms with Gasteiger partial charge in [0, 0.05) is 6.20 Å². The molecule has 0 aliphatic heterocycles. The number of nitrogens with one attached hydrogen (secondary N) is 1. The second-order valence-corrected chi connectivity index (χ2v) is 5.80. The van der Waals surface area contributed by atoms with Gasteiger partial charge in [-0.25, -0.2) is 19.1 Å². The number of amides is 1. The number of esters is 1. The lowest BCUT2D eigenvalue weighted by molar-refractivity contribution is 0.0529. The van der Waals surface area contributed by atoms with Crippen molar-refractivity contribution < 1.29 is 19.1 Å². The molecule has 1 amide bonds. The van der Waals surface area contributed by atoms with E-state index in [0.717, 1.165) is 0 Å². The van der Waals surface area contributed by atoms with E-state index in [2.05, 4.69) is 21.3 Å². The topological polar surface area (TPSA) is 94.8 Å². The number of carbonyl (C=O) groups is 2. The van der Waals surface area contributed by atoms with E-state index in [9.17, 15) is 9.59 Å². The molecule has 1 N–H and O–H groups in total. The molecule has 126 valence electrons. The highest BCUT2D eigenvalue weighted by Gasteiger charge is 2.25. The number of ether oxygens (including phenoxy) is 2. The third-order valence-corrected chi connectivity index (χ3v) is 2.73. The molecule has 24 heavy (non-hydrogen) atoms. The Kier molecular flexibility index (Phi) is 4.74. The van der Waals surface area contributed by atoms with Gasteiger partial charge in [-0.2, -0.15) is 0 Å². The first-order chi connectivity index (χ1) is 11.2. The third kappa shape index (κ3) is 3.81. The Hall–Kier alpha value is -3.08. The summed E-state index contributed by atoms with van der Waals surface area (Å²) in [6.07, 6.45) is 6.13. The molecule has 0 radical (unpaired) electrons. The normalized spacial score (nSPS) is 11.0. The van der Waals surface area contributed by atoms with E-state index >= 15 is 0 Å². The number of fused-ring (bicyclic) bond motifs is 1. The van der Waals surface area contributed by atoms with Gasteiger partial charge in [-0.05, 0) is 33.8 Å². The lowest BCUT2D eigenvalue weighted by atomic mass is 10.2. The van der Waals surface area contributed by atoms with Crippen molar-refractivity contribution in [3.8, 4) is 12.3 Å². The van der Waals surface area contributed by atoms with Crippen LogP contribution in [0.3, 0.4) is 0 Å². The van der Waals surface area contributed by atoms with Crippen LogP contribution >= 0.6 is 0 Å². The minimum Gasteiger partial charge on any atom is -0.462 e. The highest BCUT2D eigenvalue weighted by Crippen LogP contribution is 2.21. The fourth-order valence-corrected chi connectivity index (χ4v) is 1.89. The van der Waals surface area contributed by atoms with E-state index in [4.69, 9.17) is 15.9 Å². The summed E-state index contributed by atoms with van der Waals surface area (Å²) < 4.78 is 11.5. The van der Waals surface area contributed by atoms with Crippen molar-refractivity contribution in [1.82, 2.24) is 14.6 Å². The molecule has 0 bridgehead atoms. The average Bonchev–Trinajstić information content (AvgIpc) is 2.81.